The van der Waals surface area contributed by atoms with Gasteiger partial charge in [0.25, 0.3) is 0 Å². The maximum Gasteiger partial charge on any atom is 0.402 e. The van der Waals surface area contributed by atoms with Crippen LogP contribution in [0.2, 0.25) is 0 Å². The number of sulfonamides is 1. The molecule has 1 aliphatic carbocycles. The molecule has 0 amide bonds. The van der Waals surface area contributed by atoms with Gasteiger partial charge in [-0.2, -0.15) is 17.5 Å². The van der Waals surface area contributed by atoms with E-state index in [0.29, 0.717) is 10.7 Å². The van der Waals surface area contributed by atoms with Crippen molar-refractivity contribution in [3.05, 3.63) is 0 Å². The molecule has 1 aliphatic rings. The van der Waals surface area contributed by atoms with Crippen molar-refractivity contribution in [3.8, 4) is 0 Å². The van der Waals surface area contributed by atoms with E-state index in [2.05, 4.69) is 0 Å². The summed E-state index contributed by atoms with van der Waals surface area (Å²) in [5.41, 5.74) is 0. The molecule has 0 bridgehead atoms. The van der Waals surface area contributed by atoms with Crippen LogP contribution < -0.4 is 0 Å². The fourth-order valence-corrected chi connectivity index (χ4v) is 3.63. The maximum atomic E-state index is 12.4. The van der Waals surface area contributed by atoms with Crippen LogP contribution in [-0.2, 0) is 10.0 Å². The minimum absolute atomic E-state index is 0.0870. The first-order valence-corrected chi connectivity index (χ1v) is 7.34. The molecule has 0 aromatic heterocycles. The second-order valence-electron chi connectivity index (χ2n) is 4.55. The Balaban J connectivity index is 2.85. The Hall–Kier alpha value is -0.300. The molecule has 1 atom stereocenters. The van der Waals surface area contributed by atoms with Crippen LogP contribution in [0.1, 0.15) is 33.1 Å². The van der Waals surface area contributed by atoms with E-state index in [1.807, 2.05) is 0 Å². The summed E-state index contributed by atoms with van der Waals surface area (Å²) >= 11 is 0. The van der Waals surface area contributed by atoms with Gasteiger partial charge in [0.2, 0.25) is 10.0 Å². The molecule has 0 heterocycles. The van der Waals surface area contributed by atoms with E-state index < -0.39 is 28.8 Å². The number of hydrogen-bond acceptors (Lipinski definition) is 2. The highest BCUT2D eigenvalue weighted by Crippen LogP contribution is 2.37. The monoisotopic (exact) mass is 273 g/mol. The second-order valence-corrected chi connectivity index (χ2v) is 6.60. The molecule has 3 nitrogen and oxygen atoms in total. The van der Waals surface area contributed by atoms with Crippen LogP contribution in [-0.4, -0.2) is 37.2 Å². The fraction of sp³-hybridized carbons (Fsp3) is 1.00. The third-order valence-corrected chi connectivity index (χ3v) is 5.01. The van der Waals surface area contributed by atoms with E-state index in [1.165, 1.54) is 0 Å². The first-order valence-electron chi connectivity index (χ1n) is 5.73. The molecule has 0 aliphatic heterocycles. The summed E-state index contributed by atoms with van der Waals surface area (Å²) in [6, 6.07) is -0.548. The van der Waals surface area contributed by atoms with Crippen molar-refractivity contribution >= 4 is 10.0 Å². The van der Waals surface area contributed by atoms with Gasteiger partial charge in [-0.05, 0) is 32.1 Å². The summed E-state index contributed by atoms with van der Waals surface area (Å²) < 4.78 is 61.5. The molecule has 7 heteroatoms. The lowest BCUT2D eigenvalue weighted by atomic mass is 10.2. The second kappa shape index (κ2) is 5.14. The van der Waals surface area contributed by atoms with Crippen molar-refractivity contribution in [2.75, 3.05) is 12.3 Å². The van der Waals surface area contributed by atoms with E-state index in [1.54, 1.807) is 13.8 Å². The summed E-state index contributed by atoms with van der Waals surface area (Å²) in [5.74, 6) is -0.135. The van der Waals surface area contributed by atoms with Crippen molar-refractivity contribution in [2.45, 2.75) is 45.3 Å². The van der Waals surface area contributed by atoms with Gasteiger partial charge in [0, 0.05) is 6.04 Å². The molecule has 1 rings (SSSR count). The average molecular weight is 273 g/mol. The molecule has 1 unspecified atom stereocenters. The Kier molecular flexibility index (Phi) is 4.46. The average Bonchev–Trinajstić information content (AvgIpc) is 2.94. The van der Waals surface area contributed by atoms with Gasteiger partial charge in [-0.3, -0.25) is 0 Å². The van der Waals surface area contributed by atoms with E-state index in [4.69, 9.17) is 0 Å². The molecule has 0 radical (unpaired) electrons. The number of nitrogens with zero attached hydrogens (tertiary/aromatic N) is 1. The predicted octanol–water partition coefficient (Wildman–Crippen LogP) is 2.39. The first-order chi connectivity index (χ1) is 7.67. The summed E-state index contributed by atoms with van der Waals surface area (Å²) in [6.07, 6.45) is -2.52. The lowest BCUT2D eigenvalue weighted by Crippen LogP contribution is -2.46. The smallest absolute Gasteiger partial charge is 0.212 e. The first kappa shape index (κ1) is 14.8. The SMILES string of the molecule is CCCS(=O)(=O)N(CC(F)(F)F)C(C)C1CC1. The van der Waals surface area contributed by atoms with Crippen molar-refractivity contribution in [1.82, 2.24) is 4.31 Å². The lowest BCUT2D eigenvalue weighted by Gasteiger charge is -2.29. The number of halogens is 3. The minimum atomic E-state index is -4.48. The minimum Gasteiger partial charge on any atom is -0.212 e. The van der Waals surface area contributed by atoms with E-state index in [-0.39, 0.29) is 11.7 Å². The highest BCUT2D eigenvalue weighted by atomic mass is 32.2. The molecular weight excluding hydrogens is 255 g/mol. The van der Waals surface area contributed by atoms with Crippen molar-refractivity contribution in [2.24, 2.45) is 5.92 Å². The number of rotatable bonds is 6. The molecule has 0 saturated heterocycles. The molecule has 0 N–H and O–H groups in total. The Labute approximate surface area is 100 Å². The van der Waals surface area contributed by atoms with Crippen molar-refractivity contribution in [1.29, 1.82) is 0 Å². The Morgan fingerprint density at radius 2 is 1.88 bits per heavy atom. The summed E-state index contributed by atoms with van der Waals surface area (Å²) in [6.45, 7) is 1.84. The largest absolute Gasteiger partial charge is 0.402 e. The normalized spacial score (nSPS) is 19.6. The molecule has 102 valence electrons. The van der Waals surface area contributed by atoms with Gasteiger partial charge < -0.3 is 0 Å². The predicted molar refractivity (Wildman–Crippen MR) is 59.0 cm³/mol. The number of hydrogen-bond donors (Lipinski definition) is 0. The van der Waals surface area contributed by atoms with Crippen molar-refractivity contribution in [3.63, 3.8) is 0 Å². The lowest BCUT2D eigenvalue weighted by molar-refractivity contribution is -0.139. The quantitative estimate of drug-likeness (QED) is 0.745. The van der Waals surface area contributed by atoms with Gasteiger partial charge in [0.1, 0.15) is 6.54 Å². The van der Waals surface area contributed by atoms with Crippen LogP contribution in [0.25, 0.3) is 0 Å². The van der Waals surface area contributed by atoms with Crippen LogP contribution in [0.15, 0.2) is 0 Å². The maximum absolute atomic E-state index is 12.4. The van der Waals surface area contributed by atoms with Crippen LogP contribution in [0.5, 0.6) is 0 Å². The fourth-order valence-electron chi connectivity index (χ4n) is 1.86. The summed E-state index contributed by atoms with van der Waals surface area (Å²) in [5, 5.41) is 0. The molecule has 0 aromatic carbocycles. The van der Waals surface area contributed by atoms with Crippen LogP contribution in [0, 0.1) is 5.92 Å². The van der Waals surface area contributed by atoms with Gasteiger partial charge in [0.15, 0.2) is 0 Å². The highest BCUT2D eigenvalue weighted by molar-refractivity contribution is 7.89. The molecule has 0 aromatic rings. The van der Waals surface area contributed by atoms with Gasteiger partial charge in [-0.25, -0.2) is 8.42 Å². The molecule has 17 heavy (non-hydrogen) atoms. The third-order valence-electron chi connectivity index (χ3n) is 2.91. The van der Waals surface area contributed by atoms with Crippen LogP contribution in [0.3, 0.4) is 0 Å². The van der Waals surface area contributed by atoms with Crippen LogP contribution >= 0.6 is 0 Å². The van der Waals surface area contributed by atoms with Gasteiger partial charge in [-0.1, -0.05) is 6.92 Å². The zero-order valence-corrected chi connectivity index (χ0v) is 10.8. The zero-order valence-electron chi connectivity index (χ0n) is 10.00. The van der Waals surface area contributed by atoms with Crippen molar-refractivity contribution < 1.29 is 21.6 Å². The standard InChI is InChI=1S/C10H18F3NO2S/c1-3-6-17(15,16)14(7-10(11,12)13)8(2)9-4-5-9/h8-9H,3-7H2,1-2H3. The van der Waals surface area contributed by atoms with Gasteiger partial charge >= 0.3 is 6.18 Å². The van der Waals surface area contributed by atoms with Crippen LogP contribution in [0.4, 0.5) is 13.2 Å². The Morgan fingerprint density at radius 1 is 1.35 bits per heavy atom. The number of alkyl halides is 3. The van der Waals surface area contributed by atoms with Gasteiger partial charge in [0.05, 0.1) is 5.75 Å². The van der Waals surface area contributed by atoms with E-state index >= 15 is 0 Å². The summed E-state index contributed by atoms with van der Waals surface area (Å²) in [7, 11) is -3.80. The van der Waals surface area contributed by atoms with E-state index in [9.17, 15) is 21.6 Å². The molecule has 1 fully saturated rings. The molecular formula is C10H18F3NO2S. The van der Waals surface area contributed by atoms with Gasteiger partial charge in [-0.15, -0.1) is 0 Å². The third kappa shape index (κ3) is 4.46. The zero-order chi connectivity index (χ0) is 13.3. The Morgan fingerprint density at radius 3 is 2.24 bits per heavy atom. The molecule has 0 spiro atoms. The van der Waals surface area contributed by atoms with E-state index in [0.717, 1.165) is 12.8 Å². The summed E-state index contributed by atoms with van der Waals surface area (Å²) in [4.78, 5) is 0. The Bertz CT molecular complexity index is 349. The topological polar surface area (TPSA) is 37.4 Å². The highest BCUT2D eigenvalue weighted by Gasteiger charge is 2.43. The molecule has 1 saturated carbocycles.